The molecule has 0 saturated heterocycles. The van der Waals surface area contributed by atoms with Gasteiger partial charge in [0, 0.05) is 5.56 Å². The standard InChI is InChI=1S/C16H13ClFN3/c1-11-2-4-12(5-3-11)16-15(10-17)19-20-21(16)14-8-6-13(18)7-9-14/h2-9H,10H2,1H3. The number of hydrogen-bond acceptors (Lipinski definition) is 2. The molecule has 2 aromatic carbocycles. The minimum absolute atomic E-state index is 0.268. The van der Waals surface area contributed by atoms with Gasteiger partial charge in [-0.15, -0.1) is 16.7 Å². The summed E-state index contributed by atoms with van der Waals surface area (Å²) in [6.07, 6.45) is 0. The van der Waals surface area contributed by atoms with E-state index in [2.05, 4.69) is 10.3 Å². The van der Waals surface area contributed by atoms with Crippen LogP contribution in [0.15, 0.2) is 48.5 Å². The number of halogens is 2. The van der Waals surface area contributed by atoms with E-state index in [0.717, 1.165) is 16.9 Å². The number of hydrogen-bond donors (Lipinski definition) is 0. The third-order valence-electron chi connectivity index (χ3n) is 3.26. The fourth-order valence-corrected chi connectivity index (χ4v) is 2.35. The fourth-order valence-electron chi connectivity index (χ4n) is 2.17. The van der Waals surface area contributed by atoms with E-state index in [1.165, 1.54) is 17.7 Å². The lowest BCUT2D eigenvalue weighted by atomic mass is 10.1. The highest BCUT2D eigenvalue weighted by atomic mass is 35.5. The molecule has 0 fully saturated rings. The average Bonchev–Trinajstić information content (AvgIpc) is 2.93. The summed E-state index contributed by atoms with van der Waals surface area (Å²) in [5, 5.41) is 8.26. The van der Waals surface area contributed by atoms with Crippen molar-refractivity contribution in [1.82, 2.24) is 15.0 Å². The predicted molar refractivity (Wildman–Crippen MR) is 81.0 cm³/mol. The lowest BCUT2D eigenvalue weighted by Gasteiger charge is -2.08. The summed E-state index contributed by atoms with van der Waals surface area (Å²) in [5.74, 6) is -0.0157. The average molecular weight is 302 g/mol. The van der Waals surface area contributed by atoms with Crippen molar-refractivity contribution in [3.05, 3.63) is 65.6 Å². The second-order valence-corrected chi connectivity index (χ2v) is 5.04. The molecule has 1 aromatic heterocycles. The first-order chi connectivity index (χ1) is 10.2. The normalized spacial score (nSPS) is 10.8. The van der Waals surface area contributed by atoms with Gasteiger partial charge in [-0.2, -0.15) is 0 Å². The summed E-state index contributed by atoms with van der Waals surface area (Å²) in [6, 6.07) is 14.2. The van der Waals surface area contributed by atoms with E-state index in [1.807, 2.05) is 31.2 Å². The van der Waals surface area contributed by atoms with Crippen LogP contribution in [-0.4, -0.2) is 15.0 Å². The summed E-state index contributed by atoms with van der Waals surface area (Å²) < 4.78 is 14.8. The lowest BCUT2D eigenvalue weighted by molar-refractivity contribution is 0.627. The Morgan fingerprint density at radius 2 is 1.71 bits per heavy atom. The molecule has 0 amide bonds. The van der Waals surface area contributed by atoms with E-state index in [-0.39, 0.29) is 11.7 Å². The highest BCUT2D eigenvalue weighted by Gasteiger charge is 2.15. The van der Waals surface area contributed by atoms with Crippen LogP contribution in [-0.2, 0) is 5.88 Å². The Labute approximate surface area is 127 Å². The summed E-state index contributed by atoms with van der Waals surface area (Å²) in [6.45, 7) is 2.03. The number of benzene rings is 2. The zero-order valence-electron chi connectivity index (χ0n) is 11.4. The molecule has 0 spiro atoms. The molecule has 0 aliphatic rings. The van der Waals surface area contributed by atoms with Crippen LogP contribution >= 0.6 is 11.6 Å². The Kier molecular flexibility index (Phi) is 3.71. The van der Waals surface area contributed by atoms with E-state index in [1.54, 1.807) is 16.8 Å². The van der Waals surface area contributed by atoms with Gasteiger partial charge in [-0.3, -0.25) is 0 Å². The van der Waals surface area contributed by atoms with Gasteiger partial charge in [0.05, 0.1) is 17.3 Å². The molecule has 21 heavy (non-hydrogen) atoms. The molecule has 5 heteroatoms. The first-order valence-corrected chi connectivity index (χ1v) is 7.06. The van der Waals surface area contributed by atoms with Crippen molar-refractivity contribution < 1.29 is 4.39 Å². The molecule has 1 heterocycles. The maximum absolute atomic E-state index is 13.1. The summed E-state index contributed by atoms with van der Waals surface area (Å²) in [5.41, 5.74) is 4.43. The molecule has 0 aliphatic carbocycles. The van der Waals surface area contributed by atoms with Gasteiger partial charge < -0.3 is 0 Å². The third-order valence-corrected chi connectivity index (χ3v) is 3.52. The van der Waals surface area contributed by atoms with Crippen molar-refractivity contribution >= 4 is 11.6 Å². The van der Waals surface area contributed by atoms with Gasteiger partial charge in [0.15, 0.2) is 0 Å². The van der Waals surface area contributed by atoms with E-state index < -0.39 is 0 Å². The van der Waals surface area contributed by atoms with E-state index in [4.69, 9.17) is 11.6 Å². The molecule has 0 saturated carbocycles. The van der Waals surface area contributed by atoms with Crippen LogP contribution in [0.4, 0.5) is 4.39 Å². The summed E-state index contributed by atoms with van der Waals surface area (Å²) in [7, 11) is 0. The summed E-state index contributed by atoms with van der Waals surface area (Å²) in [4.78, 5) is 0. The van der Waals surface area contributed by atoms with Crippen molar-refractivity contribution in [2.24, 2.45) is 0 Å². The van der Waals surface area contributed by atoms with Gasteiger partial charge in [0.25, 0.3) is 0 Å². The van der Waals surface area contributed by atoms with E-state index >= 15 is 0 Å². The zero-order valence-corrected chi connectivity index (χ0v) is 12.2. The second-order valence-electron chi connectivity index (χ2n) is 4.77. The van der Waals surface area contributed by atoms with Crippen molar-refractivity contribution in [3.63, 3.8) is 0 Å². The highest BCUT2D eigenvalue weighted by molar-refractivity contribution is 6.17. The van der Waals surface area contributed by atoms with Gasteiger partial charge in [-0.25, -0.2) is 9.07 Å². The molecule has 0 bridgehead atoms. The summed E-state index contributed by atoms with van der Waals surface area (Å²) >= 11 is 5.96. The first kappa shape index (κ1) is 13.8. The van der Waals surface area contributed by atoms with Crippen LogP contribution in [0.5, 0.6) is 0 Å². The quantitative estimate of drug-likeness (QED) is 0.681. The minimum Gasteiger partial charge on any atom is -0.213 e. The fraction of sp³-hybridized carbons (Fsp3) is 0.125. The molecule has 0 N–H and O–H groups in total. The molecule has 0 aliphatic heterocycles. The number of rotatable bonds is 3. The Morgan fingerprint density at radius 3 is 2.33 bits per heavy atom. The number of alkyl halides is 1. The largest absolute Gasteiger partial charge is 0.213 e. The third kappa shape index (κ3) is 2.67. The Morgan fingerprint density at radius 1 is 1.05 bits per heavy atom. The minimum atomic E-state index is -0.284. The van der Waals surface area contributed by atoms with Crippen molar-refractivity contribution in [2.45, 2.75) is 12.8 Å². The molecular weight excluding hydrogens is 289 g/mol. The van der Waals surface area contributed by atoms with Gasteiger partial charge >= 0.3 is 0 Å². The molecule has 3 rings (SSSR count). The monoisotopic (exact) mass is 301 g/mol. The number of aromatic nitrogens is 3. The maximum Gasteiger partial charge on any atom is 0.123 e. The Balaban J connectivity index is 2.16. The smallest absolute Gasteiger partial charge is 0.123 e. The topological polar surface area (TPSA) is 30.7 Å². The number of aryl methyl sites for hydroxylation is 1. The predicted octanol–water partition coefficient (Wildman–Crippen LogP) is 4.12. The molecule has 0 atom stereocenters. The van der Waals surface area contributed by atoms with Gasteiger partial charge in [0.1, 0.15) is 11.5 Å². The molecule has 0 radical (unpaired) electrons. The first-order valence-electron chi connectivity index (χ1n) is 6.52. The van der Waals surface area contributed by atoms with Crippen molar-refractivity contribution in [3.8, 4) is 16.9 Å². The second kappa shape index (κ2) is 5.66. The lowest BCUT2D eigenvalue weighted by Crippen LogP contribution is -2.00. The van der Waals surface area contributed by atoms with Crippen molar-refractivity contribution in [2.75, 3.05) is 0 Å². The van der Waals surface area contributed by atoms with Crippen LogP contribution in [0.2, 0.25) is 0 Å². The Bertz CT molecular complexity index is 748. The van der Waals surface area contributed by atoms with Crippen LogP contribution < -0.4 is 0 Å². The molecular formula is C16H13ClFN3. The van der Waals surface area contributed by atoms with E-state index in [9.17, 15) is 4.39 Å². The van der Waals surface area contributed by atoms with Crippen molar-refractivity contribution in [1.29, 1.82) is 0 Å². The van der Waals surface area contributed by atoms with Crippen LogP contribution in [0, 0.1) is 12.7 Å². The van der Waals surface area contributed by atoms with Crippen LogP contribution in [0.3, 0.4) is 0 Å². The zero-order chi connectivity index (χ0) is 14.8. The van der Waals surface area contributed by atoms with Crippen LogP contribution in [0.1, 0.15) is 11.3 Å². The van der Waals surface area contributed by atoms with Gasteiger partial charge in [0.2, 0.25) is 0 Å². The van der Waals surface area contributed by atoms with Gasteiger partial charge in [-0.1, -0.05) is 35.0 Å². The number of nitrogens with zero attached hydrogens (tertiary/aromatic N) is 3. The van der Waals surface area contributed by atoms with Crippen LogP contribution in [0.25, 0.3) is 16.9 Å². The molecule has 3 aromatic rings. The molecule has 3 nitrogen and oxygen atoms in total. The van der Waals surface area contributed by atoms with Gasteiger partial charge in [-0.05, 0) is 31.2 Å². The Hall–Kier alpha value is -2.20. The maximum atomic E-state index is 13.1. The SMILES string of the molecule is Cc1ccc(-c2c(CCl)nnn2-c2ccc(F)cc2)cc1. The molecule has 106 valence electrons. The molecule has 0 unspecified atom stereocenters. The van der Waals surface area contributed by atoms with E-state index in [0.29, 0.717) is 5.69 Å². The highest BCUT2D eigenvalue weighted by Crippen LogP contribution is 2.26.